The van der Waals surface area contributed by atoms with E-state index in [1.807, 2.05) is 37.4 Å². The second kappa shape index (κ2) is 8.05. The average molecular weight is 375 g/mol. The highest BCUT2D eigenvalue weighted by molar-refractivity contribution is 5.65. The van der Waals surface area contributed by atoms with Gasteiger partial charge in [-0.1, -0.05) is 42.5 Å². The maximum atomic E-state index is 10.3. The molecule has 0 fully saturated rings. The number of ether oxygens (including phenoxy) is 2. The molecule has 0 bridgehead atoms. The summed E-state index contributed by atoms with van der Waals surface area (Å²) in [4.78, 5) is 2.12. The van der Waals surface area contributed by atoms with Crippen molar-refractivity contribution in [2.24, 2.45) is 0 Å². The fourth-order valence-corrected chi connectivity index (χ4v) is 3.63. The van der Waals surface area contributed by atoms with Crippen LogP contribution >= 0.6 is 0 Å². The molecule has 0 aliphatic carbocycles. The van der Waals surface area contributed by atoms with Crippen molar-refractivity contribution in [2.45, 2.75) is 19.3 Å². The molecule has 144 valence electrons. The Labute approximate surface area is 166 Å². The first-order valence-corrected chi connectivity index (χ1v) is 9.48. The summed E-state index contributed by atoms with van der Waals surface area (Å²) in [5.41, 5.74) is 5.51. The molecule has 0 unspecified atom stereocenters. The maximum Gasteiger partial charge on any atom is 0.120 e. The van der Waals surface area contributed by atoms with E-state index in [1.165, 1.54) is 0 Å². The van der Waals surface area contributed by atoms with E-state index >= 15 is 0 Å². The predicted octanol–water partition coefficient (Wildman–Crippen LogP) is 4.42. The van der Waals surface area contributed by atoms with E-state index in [4.69, 9.17) is 9.47 Å². The van der Waals surface area contributed by atoms with Crippen LogP contribution in [-0.4, -0.2) is 30.7 Å². The van der Waals surface area contributed by atoms with Crippen LogP contribution in [0.25, 0.3) is 11.1 Å². The smallest absolute Gasteiger partial charge is 0.120 e. The van der Waals surface area contributed by atoms with Gasteiger partial charge in [0.25, 0.3) is 0 Å². The van der Waals surface area contributed by atoms with E-state index < -0.39 is 6.10 Å². The predicted molar refractivity (Wildman–Crippen MR) is 110 cm³/mol. The van der Waals surface area contributed by atoms with Gasteiger partial charge in [0.1, 0.15) is 18.1 Å². The molecule has 3 aromatic carbocycles. The molecule has 0 radical (unpaired) electrons. The van der Waals surface area contributed by atoms with Crippen molar-refractivity contribution in [3.05, 3.63) is 83.4 Å². The number of β-amino-alcohol motifs (C(OH)–C–C–N with tert-alkyl or cyclic N) is 1. The molecule has 3 aromatic rings. The molecule has 28 heavy (non-hydrogen) atoms. The lowest BCUT2D eigenvalue weighted by Crippen LogP contribution is -2.30. The number of hydrogen-bond donors (Lipinski definition) is 1. The molecule has 1 aliphatic heterocycles. The van der Waals surface area contributed by atoms with E-state index in [1.54, 1.807) is 7.11 Å². The molecule has 4 nitrogen and oxygen atoms in total. The van der Waals surface area contributed by atoms with Crippen LogP contribution in [0.15, 0.2) is 66.7 Å². The largest absolute Gasteiger partial charge is 0.497 e. The third kappa shape index (κ3) is 4.03. The zero-order valence-corrected chi connectivity index (χ0v) is 16.3. The summed E-state index contributed by atoms with van der Waals surface area (Å²) >= 11 is 0. The van der Waals surface area contributed by atoms with Crippen LogP contribution < -0.4 is 9.47 Å². The lowest BCUT2D eigenvalue weighted by Gasteiger charge is -2.29. The quantitative estimate of drug-likeness (QED) is 0.717. The number of nitrogens with zero attached hydrogens (tertiary/aromatic N) is 1. The van der Waals surface area contributed by atoms with Gasteiger partial charge in [0.2, 0.25) is 0 Å². The highest BCUT2D eigenvalue weighted by atomic mass is 16.5. The first-order chi connectivity index (χ1) is 13.6. The highest BCUT2D eigenvalue weighted by Crippen LogP contribution is 2.30. The van der Waals surface area contributed by atoms with Crippen LogP contribution in [-0.2, 0) is 13.2 Å². The average Bonchev–Trinajstić information content (AvgIpc) is 2.73. The Bertz CT molecular complexity index is 952. The van der Waals surface area contributed by atoms with Crippen molar-refractivity contribution < 1.29 is 14.6 Å². The van der Waals surface area contributed by atoms with Crippen LogP contribution in [0.4, 0.5) is 0 Å². The molecule has 1 heterocycles. The van der Waals surface area contributed by atoms with Crippen molar-refractivity contribution in [3.8, 4) is 22.6 Å². The molecule has 4 rings (SSSR count). The Balaban J connectivity index is 1.43. The third-order valence-corrected chi connectivity index (χ3v) is 5.16. The molecule has 4 heteroatoms. The SMILES string of the molecule is COc1cccc(-c2ccc(COc3ccc4c(c3)[C@@H](O)CN(C)C4)cc2)c1. The van der Waals surface area contributed by atoms with Gasteiger partial charge in [-0.25, -0.2) is 0 Å². The Kier molecular flexibility index (Phi) is 5.33. The van der Waals surface area contributed by atoms with Gasteiger partial charge in [0.15, 0.2) is 0 Å². The zero-order chi connectivity index (χ0) is 19.5. The number of aliphatic hydroxyl groups is 1. The number of likely N-dealkylation sites (N-methyl/N-ethyl adjacent to an activating group) is 1. The van der Waals surface area contributed by atoms with Crippen molar-refractivity contribution in [1.29, 1.82) is 0 Å². The number of methoxy groups -OCH3 is 1. The summed E-state index contributed by atoms with van der Waals surface area (Å²) in [6.07, 6.45) is -0.459. The maximum absolute atomic E-state index is 10.3. The molecule has 1 aliphatic rings. The molecule has 0 amide bonds. The first-order valence-electron chi connectivity index (χ1n) is 9.48. The first kappa shape index (κ1) is 18.5. The molecule has 1 atom stereocenters. The van der Waals surface area contributed by atoms with Gasteiger partial charge in [-0.2, -0.15) is 0 Å². The van der Waals surface area contributed by atoms with Crippen molar-refractivity contribution in [2.75, 3.05) is 20.7 Å². The summed E-state index contributed by atoms with van der Waals surface area (Å²) < 4.78 is 11.3. The Morgan fingerprint density at radius 3 is 2.57 bits per heavy atom. The van der Waals surface area contributed by atoms with Crippen molar-refractivity contribution in [3.63, 3.8) is 0 Å². The van der Waals surface area contributed by atoms with Gasteiger partial charge in [-0.05, 0) is 59.1 Å². The van der Waals surface area contributed by atoms with Crippen molar-refractivity contribution in [1.82, 2.24) is 4.90 Å². The molecule has 0 saturated heterocycles. The number of fused-ring (bicyclic) bond motifs is 1. The summed E-state index contributed by atoms with van der Waals surface area (Å²) in [6, 6.07) is 22.4. The second-order valence-corrected chi connectivity index (χ2v) is 7.29. The van der Waals surface area contributed by atoms with Gasteiger partial charge in [0, 0.05) is 13.1 Å². The van der Waals surface area contributed by atoms with Gasteiger partial charge in [-0.15, -0.1) is 0 Å². The molecular weight excluding hydrogens is 350 g/mol. The van der Waals surface area contributed by atoms with Gasteiger partial charge in [-0.3, -0.25) is 4.90 Å². The van der Waals surface area contributed by atoms with Gasteiger partial charge in [0.05, 0.1) is 13.2 Å². The second-order valence-electron chi connectivity index (χ2n) is 7.29. The topological polar surface area (TPSA) is 41.9 Å². The molecule has 0 spiro atoms. The van der Waals surface area contributed by atoms with Crippen LogP contribution in [0.3, 0.4) is 0 Å². The minimum atomic E-state index is -0.459. The minimum Gasteiger partial charge on any atom is -0.497 e. The molecule has 0 aromatic heterocycles. The van der Waals surface area contributed by atoms with Crippen LogP contribution in [0, 0.1) is 0 Å². The summed E-state index contributed by atoms with van der Waals surface area (Å²) in [5, 5.41) is 10.3. The Morgan fingerprint density at radius 1 is 0.964 bits per heavy atom. The summed E-state index contributed by atoms with van der Waals surface area (Å²) in [7, 11) is 3.70. The molecule has 1 N–H and O–H groups in total. The van der Waals surface area contributed by atoms with E-state index in [0.717, 1.165) is 45.9 Å². The fraction of sp³-hybridized carbons (Fsp3) is 0.250. The summed E-state index contributed by atoms with van der Waals surface area (Å²) in [5.74, 6) is 1.64. The Hall–Kier alpha value is -2.82. The van der Waals surface area contributed by atoms with E-state index in [2.05, 4.69) is 41.3 Å². The number of rotatable bonds is 5. The monoisotopic (exact) mass is 375 g/mol. The molecule has 0 saturated carbocycles. The number of hydrogen-bond acceptors (Lipinski definition) is 4. The highest BCUT2D eigenvalue weighted by Gasteiger charge is 2.21. The minimum absolute atomic E-state index is 0.459. The standard InChI is InChI=1S/C24H25NO3/c1-25-14-20-10-11-22(13-23(20)24(26)15-25)28-16-17-6-8-18(9-7-17)19-4-3-5-21(12-19)27-2/h3-13,24,26H,14-16H2,1-2H3/t24-/m0/s1. The number of aliphatic hydroxyl groups excluding tert-OH is 1. The third-order valence-electron chi connectivity index (χ3n) is 5.16. The van der Waals surface area contributed by atoms with Crippen LogP contribution in [0.5, 0.6) is 11.5 Å². The lowest BCUT2D eigenvalue weighted by atomic mass is 9.97. The van der Waals surface area contributed by atoms with Crippen LogP contribution in [0.1, 0.15) is 22.8 Å². The van der Waals surface area contributed by atoms with Gasteiger partial charge < -0.3 is 14.6 Å². The van der Waals surface area contributed by atoms with Gasteiger partial charge >= 0.3 is 0 Å². The summed E-state index contributed by atoms with van der Waals surface area (Å²) in [6.45, 7) is 2.01. The van der Waals surface area contributed by atoms with E-state index in [0.29, 0.717) is 13.2 Å². The zero-order valence-electron chi connectivity index (χ0n) is 16.3. The Morgan fingerprint density at radius 2 is 1.79 bits per heavy atom. The number of benzene rings is 3. The van der Waals surface area contributed by atoms with E-state index in [9.17, 15) is 5.11 Å². The fourth-order valence-electron chi connectivity index (χ4n) is 3.63. The van der Waals surface area contributed by atoms with Crippen molar-refractivity contribution >= 4 is 0 Å². The lowest BCUT2D eigenvalue weighted by molar-refractivity contribution is 0.107. The normalized spacial score (nSPS) is 16.5. The van der Waals surface area contributed by atoms with E-state index in [-0.39, 0.29) is 0 Å². The molecular formula is C24H25NO3. The van der Waals surface area contributed by atoms with Crippen LogP contribution in [0.2, 0.25) is 0 Å².